The summed E-state index contributed by atoms with van der Waals surface area (Å²) in [6.45, 7) is 0. The van der Waals surface area contributed by atoms with Gasteiger partial charge in [0, 0.05) is 17.3 Å². The smallest absolute Gasteiger partial charge is 0.162 e. The van der Waals surface area contributed by atoms with E-state index >= 15 is 0 Å². The Balaban J connectivity index is 1.74. The summed E-state index contributed by atoms with van der Waals surface area (Å²) in [6.07, 6.45) is 4.72. The molecule has 2 aromatic rings. The van der Waals surface area contributed by atoms with E-state index in [-0.39, 0.29) is 5.78 Å². The summed E-state index contributed by atoms with van der Waals surface area (Å²) < 4.78 is 0. The van der Waals surface area contributed by atoms with Gasteiger partial charge in [-0.1, -0.05) is 70.5 Å². The molecule has 0 radical (unpaired) electrons. The van der Waals surface area contributed by atoms with E-state index in [2.05, 4.69) is 52.3 Å². The molecule has 110 valence electrons. The van der Waals surface area contributed by atoms with E-state index in [1.165, 1.54) is 11.1 Å². The van der Waals surface area contributed by atoms with E-state index in [9.17, 15) is 4.79 Å². The van der Waals surface area contributed by atoms with Gasteiger partial charge in [0.25, 0.3) is 0 Å². The Labute approximate surface area is 135 Å². The van der Waals surface area contributed by atoms with Gasteiger partial charge in [0.15, 0.2) is 5.78 Å². The molecule has 0 heterocycles. The Morgan fingerprint density at radius 1 is 0.810 bits per heavy atom. The van der Waals surface area contributed by atoms with E-state index in [1.54, 1.807) is 0 Å². The van der Waals surface area contributed by atoms with Crippen LogP contribution in [0.2, 0.25) is 0 Å². The van der Waals surface area contributed by atoms with Gasteiger partial charge in [0.1, 0.15) is 0 Å². The number of aryl methyl sites for hydroxylation is 2. The van der Waals surface area contributed by atoms with Crippen LogP contribution < -0.4 is 0 Å². The molecule has 2 heteroatoms. The van der Waals surface area contributed by atoms with Crippen molar-refractivity contribution in [1.82, 2.24) is 0 Å². The van der Waals surface area contributed by atoms with E-state index in [0.29, 0.717) is 6.42 Å². The van der Waals surface area contributed by atoms with E-state index < -0.39 is 0 Å². The molecule has 0 amide bonds. The van der Waals surface area contributed by atoms with Gasteiger partial charge in [0.2, 0.25) is 0 Å². The summed E-state index contributed by atoms with van der Waals surface area (Å²) >= 11 is 3.43. The fourth-order valence-corrected chi connectivity index (χ4v) is 2.83. The summed E-state index contributed by atoms with van der Waals surface area (Å²) in [5.74, 6) is 0.258. The molecule has 0 saturated heterocycles. The van der Waals surface area contributed by atoms with Crippen LogP contribution in [0.4, 0.5) is 0 Å². The number of Topliss-reactive ketones (excluding diaryl/α,β-unsaturated/α-hetero) is 1. The van der Waals surface area contributed by atoms with Crippen molar-refractivity contribution in [3.05, 3.63) is 71.3 Å². The molecular formula is C19H21BrO. The van der Waals surface area contributed by atoms with Gasteiger partial charge in [-0.3, -0.25) is 4.79 Å². The summed E-state index contributed by atoms with van der Waals surface area (Å²) in [4.78, 5) is 12.1. The number of carbonyl (C=O) groups is 1. The first-order valence-electron chi connectivity index (χ1n) is 7.51. The molecule has 0 N–H and O–H groups in total. The van der Waals surface area contributed by atoms with Gasteiger partial charge >= 0.3 is 0 Å². The number of rotatable bonds is 8. The van der Waals surface area contributed by atoms with Gasteiger partial charge < -0.3 is 0 Å². The highest BCUT2D eigenvalue weighted by molar-refractivity contribution is 9.09. The van der Waals surface area contributed by atoms with Crippen molar-refractivity contribution in [3.63, 3.8) is 0 Å². The fourth-order valence-electron chi connectivity index (χ4n) is 2.37. The van der Waals surface area contributed by atoms with E-state index in [4.69, 9.17) is 0 Å². The number of hydrogen-bond acceptors (Lipinski definition) is 1. The zero-order valence-corrected chi connectivity index (χ0v) is 13.8. The van der Waals surface area contributed by atoms with E-state index in [0.717, 1.165) is 36.6 Å². The molecule has 0 aliphatic heterocycles. The molecule has 0 atom stereocenters. The van der Waals surface area contributed by atoms with Crippen LogP contribution in [0, 0.1) is 0 Å². The molecule has 0 aromatic heterocycles. The van der Waals surface area contributed by atoms with Gasteiger partial charge in [-0.15, -0.1) is 0 Å². The van der Waals surface area contributed by atoms with Crippen LogP contribution >= 0.6 is 15.9 Å². The second-order valence-corrected chi connectivity index (χ2v) is 6.04. The van der Waals surface area contributed by atoms with Crippen molar-refractivity contribution in [2.24, 2.45) is 0 Å². The maximum Gasteiger partial charge on any atom is 0.162 e. The van der Waals surface area contributed by atoms with Crippen LogP contribution in [0.3, 0.4) is 0 Å². The zero-order chi connectivity index (χ0) is 14.9. The van der Waals surface area contributed by atoms with Crippen LogP contribution in [0.25, 0.3) is 0 Å². The topological polar surface area (TPSA) is 17.1 Å². The first-order chi connectivity index (χ1) is 10.3. The molecule has 1 nitrogen and oxygen atoms in total. The van der Waals surface area contributed by atoms with E-state index in [1.807, 2.05) is 18.2 Å². The summed E-state index contributed by atoms with van der Waals surface area (Å²) in [5, 5.41) is 0.958. The Kier molecular flexibility index (Phi) is 6.68. The molecule has 0 aliphatic rings. The van der Waals surface area contributed by atoms with Crippen molar-refractivity contribution in [1.29, 1.82) is 0 Å². The third kappa shape index (κ3) is 5.47. The van der Waals surface area contributed by atoms with Crippen molar-refractivity contribution < 1.29 is 4.79 Å². The molecule has 21 heavy (non-hydrogen) atoms. The predicted molar refractivity (Wildman–Crippen MR) is 92.3 cm³/mol. The highest BCUT2D eigenvalue weighted by atomic mass is 79.9. The first kappa shape index (κ1) is 16.0. The number of alkyl halides is 1. The largest absolute Gasteiger partial charge is 0.294 e. The average molecular weight is 345 g/mol. The van der Waals surface area contributed by atoms with Gasteiger partial charge in [-0.05, 0) is 36.8 Å². The highest BCUT2D eigenvalue weighted by Gasteiger charge is 2.05. The molecule has 2 rings (SSSR count). The molecule has 0 spiro atoms. The third-order valence-electron chi connectivity index (χ3n) is 3.62. The number of hydrogen-bond donors (Lipinski definition) is 0. The summed E-state index contributed by atoms with van der Waals surface area (Å²) in [6, 6.07) is 18.5. The average Bonchev–Trinajstić information content (AvgIpc) is 2.53. The second-order valence-electron chi connectivity index (χ2n) is 5.25. The molecule has 0 saturated carbocycles. The predicted octanol–water partition coefficient (Wildman–Crippen LogP) is 5.22. The van der Waals surface area contributed by atoms with Crippen molar-refractivity contribution in [2.45, 2.75) is 32.1 Å². The maximum absolute atomic E-state index is 12.1. The van der Waals surface area contributed by atoms with Crippen molar-refractivity contribution in [2.75, 3.05) is 5.33 Å². The van der Waals surface area contributed by atoms with Gasteiger partial charge in [-0.2, -0.15) is 0 Å². The van der Waals surface area contributed by atoms with Gasteiger partial charge in [0.05, 0.1) is 0 Å². The Morgan fingerprint density at radius 2 is 1.48 bits per heavy atom. The van der Waals surface area contributed by atoms with Gasteiger partial charge in [-0.25, -0.2) is 0 Å². The lowest BCUT2D eigenvalue weighted by molar-refractivity contribution is 0.0979. The minimum absolute atomic E-state index is 0.258. The fraction of sp³-hybridized carbons (Fsp3) is 0.316. The molecule has 0 aliphatic carbocycles. The highest BCUT2D eigenvalue weighted by Crippen LogP contribution is 2.12. The standard InChI is InChI=1S/C19H21BrO/c20-15-14-17-10-12-18(13-11-17)19(21)9-5-4-8-16-6-2-1-3-7-16/h1-3,6-7,10-13H,4-5,8-9,14-15H2. The lowest BCUT2D eigenvalue weighted by Crippen LogP contribution is -2.00. The molecule has 2 aromatic carbocycles. The maximum atomic E-state index is 12.1. The van der Waals surface area contributed by atoms with Crippen molar-refractivity contribution >= 4 is 21.7 Å². The van der Waals surface area contributed by atoms with Crippen molar-refractivity contribution in [3.8, 4) is 0 Å². The summed E-state index contributed by atoms with van der Waals surface area (Å²) in [7, 11) is 0. The number of halogens is 1. The lowest BCUT2D eigenvalue weighted by Gasteiger charge is -2.04. The Morgan fingerprint density at radius 3 is 2.14 bits per heavy atom. The molecule has 0 unspecified atom stereocenters. The molecule has 0 fully saturated rings. The Bertz CT molecular complexity index is 546. The van der Waals surface area contributed by atoms with Crippen LogP contribution in [0.15, 0.2) is 54.6 Å². The normalized spacial score (nSPS) is 10.5. The minimum Gasteiger partial charge on any atom is -0.294 e. The first-order valence-corrected chi connectivity index (χ1v) is 8.64. The van der Waals surface area contributed by atoms with Crippen LogP contribution in [0.1, 0.15) is 40.7 Å². The number of unbranched alkanes of at least 4 members (excludes halogenated alkanes) is 1. The second kappa shape index (κ2) is 8.78. The molecule has 0 bridgehead atoms. The SMILES string of the molecule is O=C(CCCCc1ccccc1)c1ccc(CCBr)cc1. The zero-order valence-electron chi connectivity index (χ0n) is 12.2. The number of ketones is 1. The number of benzene rings is 2. The van der Waals surface area contributed by atoms with Crippen LogP contribution in [-0.4, -0.2) is 11.1 Å². The Hall–Kier alpha value is -1.41. The molecular weight excluding hydrogens is 324 g/mol. The number of carbonyl (C=O) groups excluding carboxylic acids is 1. The monoisotopic (exact) mass is 344 g/mol. The quantitative estimate of drug-likeness (QED) is 0.364. The summed E-state index contributed by atoms with van der Waals surface area (Å²) in [5.41, 5.74) is 3.46. The lowest BCUT2D eigenvalue weighted by atomic mass is 10.0. The van der Waals surface area contributed by atoms with Crippen LogP contribution in [-0.2, 0) is 12.8 Å². The van der Waals surface area contributed by atoms with Crippen LogP contribution in [0.5, 0.6) is 0 Å². The minimum atomic E-state index is 0.258. The third-order valence-corrected chi connectivity index (χ3v) is 4.02.